The predicted molar refractivity (Wildman–Crippen MR) is 93.0 cm³/mol. The normalized spacial score (nSPS) is 15.9. The van der Waals surface area contributed by atoms with E-state index < -0.39 is 17.7 Å². The summed E-state index contributed by atoms with van der Waals surface area (Å²) in [5.41, 5.74) is 0.481. The molecule has 0 saturated carbocycles. The number of carboxylic acids is 1. The van der Waals surface area contributed by atoms with Crippen molar-refractivity contribution in [2.45, 2.75) is 26.4 Å². The van der Waals surface area contributed by atoms with Gasteiger partial charge in [0.1, 0.15) is 5.60 Å². The van der Waals surface area contributed by atoms with Gasteiger partial charge < -0.3 is 19.6 Å². The zero-order chi connectivity index (χ0) is 17.9. The number of nitrogens with one attached hydrogen (secondary N) is 1. The molecule has 1 aromatic carbocycles. The molecule has 0 spiro atoms. The number of nitrogens with zero attached hydrogens (tertiary/aromatic N) is 2. The van der Waals surface area contributed by atoms with Crippen molar-refractivity contribution in [3.63, 3.8) is 0 Å². The lowest BCUT2D eigenvalue weighted by Crippen LogP contribution is -2.44. The number of carbonyl (C=O) groups is 2. The summed E-state index contributed by atoms with van der Waals surface area (Å²) in [7, 11) is 2.06. The molecule has 0 radical (unpaired) electrons. The zero-order valence-electron chi connectivity index (χ0n) is 14.6. The number of carbonyl (C=O) groups excluding carboxylic acids is 1. The maximum absolute atomic E-state index is 11.9. The fourth-order valence-electron chi connectivity index (χ4n) is 2.49. The van der Waals surface area contributed by atoms with Gasteiger partial charge >= 0.3 is 12.1 Å². The molecule has 1 aliphatic rings. The van der Waals surface area contributed by atoms with Crippen LogP contribution in [-0.4, -0.2) is 60.9 Å². The van der Waals surface area contributed by atoms with Gasteiger partial charge in [0.15, 0.2) is 0 Å². The average Bonchev–Trinajstić information content (AvgIpc) is 2.46. The zero-order valence-corrected chi connectivity index (χ0v) is 14.6. The van der Waals surface area contributed by atoms with Gasteiger partial charge in [0, 0.05) is 31.9 Å². The van der Waals surface area contributed by atoms with Gasteiger partial charge in [0.2, 0.25) is 0 Å². The van der Waals surface area contributed by atoms with Crippen LogP contribution in [0.1, 0.15) is 31.1 Å². The van der Waals surface area contributed by atoms with E-state index in [0.717, 1.165) is 31.9 Å². The van der Waals surface area contributed by atoms with E-state index in [1.54, 1.807) is 32.9 Å². The molecule has 1 aromatic rings. The summed E-state index contributed by atoms with van der Waals surface area (Å²) >= 11 is 0. The molecule has 0 unspecified atom stereocenters. The van der Waals surface area contributed by atoms with Gasteiger partial charge in [-0.1, -0.05) is 0 Å². The van der Waals surface area contributed by atoms with Crippen molar-refractivity contribution in [1.29, 1.82) is 0 Å². The lowest BCUT2D eigenvalue weighted by Gasteiger charge is -2.34. The predicted octanol–water partition coefficient (Wildman–Crippen LogP) is 2.48. The molecule has 0 aromatic heterocycles. The van der Waals surface area contributed by atoms with Gasteiger partial charge in [-0.05, 0) is 46.0 Å². The smallest absolute Gasteiger partial charge is 0.412 e. The van der Waals surface area contributed by atoms with Gasteiger partial charge in [-0.25, -0.2) is 9.59 Å². The van der Waals surface area contributed by atoms with E-state index in [9.17, 15) is 14.7 Å². The summed E-state index contributed by atoms with van der Waals surface area (Å²) in [6, 6.07) is 5.03. The minimum atomic E-state index is -1.09. The summed E-state index contributed by atoms with van der Waals surface area (Å²) in [6.45, 7) is 8.80. The largest absolute Gasteiger partial charge is 0.478 e. The topological polar surface area (TPSA) is 82.1 Å². The molecule has 132 valence electrons. The Hall–Kier alpha value is -2.28. The van der Waals surface area contributed by atoms with E-state index in [-0.39, 0.29) is 11.3 Å². The Bertz CT molecular complexity index is 617. The highest BCUT2D eigenvalue weighted by atomic mass is 16.6. The van der Waals surface area contributed by atoms with Crippen LogP contribution >= 0.6 is 0 Å². The fraction of sp³-hybridized carbons (Fsp3) is 0.529. The molecule has 7 heteroatoms. The molecular weight excluding hydrogens is 310 g/mol. The van der Waals surface area contributed by atoms with Crippen LogP contribution < -0.4 is 10.2 Å². The molecule has 0 bridgehead atoms. The summed E-state index contributed by atoms with van der Waals surface area (Å²) in [5, 5.41) is 12.0. The van der Waals surface area contributed by atoms with E-state index in [4.69, 9.17) is 4.74 Å². The second-order valence-electron chi connectivity index (χ2n) is 6.95. The Morgan fingerprint density at radius 2 is 1.79 bits per heavy atom. The van der Waals surface area contributed by atoms with Crippen LogP contribution in [-0.2, 0) is 4.74 Å². The number of amides is 1. The van der Waals surface area contributed by atoms with Crippen LogP contribution in [0.3, 0.4) is 0 Å². The number of likely N-dealkylation sites (N-methyl/N-ethyl adjacent to an activating group) is 1. The lowest BCUT2D eigenvalue weighted by atomic mass is 10.1. The van der Waals surface area contributed by atoms with Crippen LogP contribution in [0.4, 0.5) is 16.2 Å². The van der Waals surface area contributed by atoms with Crippen molar-refractivity contribution in [3.8, 4) is 0 Å². The number of piperazine rings is 1. The molecule has 24 heavy (non-hydrogen) atoms. The fourth-order valence-corrected chi connectivity index (χ4v) is 2.49. The number of hydrogen-bond acceptors (Lipinski definition) is 5. The van der Waals surface area contributed by atoms with Crippen molar-refractivity contribution >= 4 is 23.4 Å². The van der Waals surface area contributed by atoms with Crippen molar-refractivity contribution in [2.24, 2.45) is 0 Å². The van der Waals surface area contributed by atoms with Crippen molar-refractivity contribution < 1.29 is 19.4 Å². The second kappa shape index (κ2) is 7.09. The third-order valence-corrected chi connectivity index (χ3v) is 3.74. The van der Waals surface area contributed by atoms with Crippen molar-refractivity contribution in [2.75, 3.05) is 43.4 Å². The van der Waals surface area contributed by atoms with Gasteiger partial charge in [-0.3, -0.25) is 5.32 Å². The molecule has 2 N–H and O–H groups in total. The van der Waals surface area contributed by atoms with Crippen LogP contribution in [0.25, 0.3) is 0 Å². The molecule has 0 atom stereocenters. The average molecular weight is 335 g/mol. The van der Waals surface area contributed by atoms with Gasteiger partial charge in [-0.15, -0.1) is 0 Å². The number of ether oxygens (including phenoxy) is 1. The SMILES string of the molecule is CN1CCN(c2ccc(NC(=O)OC(C)(C)C)c(C(=O)O)c2)CC1. The second-order valence-corrected chi connectivity index (χ2v) is 6.95. The summed E-state index contributed by atoms with van der Waals surface area (Å²) in [4.78, 5) is 27.8. The first-order valence-corrected chi connectivity index (χ1v) is 7.96. The maximum atomic E-state index is 11.9. The number of aromatic carboxylic acids is 1. The van der Waals surface area contributed by atoms with E-state index in [1.807, 2.05) is 6.07 Å². The van der Waals surface area contributed by atoms with E-state index in [0.29, 0.717) is 0 Å². The standard InChI is InChI=1S/C17H25N3O4/c1-17(2,3)24-16(23)18-14-6-5-12(11-13(14)15(21)22)20-9-7-19(4)8-10-20/h5-6,11H,7-10H2,1-4H3,(H,18,23)(H,21,22). The third kappa shape index (κ3) is 4.86. The molecule has 1 fully saturated rings. The van der Waals surface area contributed by atoms with Crippen LogP contribution in [0.2, 0.25) is 0 Å². The Balaban J connectivity index is 2.18. The highest BCUT2D eigenvalue weighted by Crippen LogP contribution is 2.25. The van der Waals surface area contributed by atoms with E-state index in [2.05, 4.69) is 22.2 Å². The van der Waals surface area contributed by atoms with Crippen molar-refractivity contribution in [1.82, 2.24) is 4.90 Å². The molecule has 1 heterocycles. The Labute approximate surface area is 142 Å². The number of anilines is 2. The molecule has 1 aliphatic heterocycles. The minimum absolute atomic E-state index is 0.0530. The first-order chi connectivity index (χ1) is 11.2. The Morgan fingerprint density at radius 1 is 1.17 bits per heavy atom. The molecule has 2 rings (SSSR count). The molecule has 7 nitrogen and oxygen atoms in total. The first-order valence-electron chi connectivity index (χ1n) is 7.96. The third-order valence-electron chi connectivity index (χ3n) is 3.74. The summed E-state index contributed by atoms with van der Waals surface area (Å²) in [6.07, 6.45) is -0.669. The quantitative estimate of drug-likeness (QED) is 0.883. The monoisotopic (exact) mass is 335 g/mol. The Kier molecular flexibility index (Phi) is 5.33. The van der Waals surface area contributed by atoms with Crippen LogP contribution in [0.15, 0.2) is 18.2 Å². The van der Waals surface area contributed by atoms with E-state index >= 15 is 0 Å². The summed E-state index contributed by atoms with van der Waals surface area (Å²) in [5.74, 6) is -1.09. The van der Waals surface area contributed by atoms with Gasteiger partial charge in [0.25, 0.3) is 0 Å². The van der Waals surface area contributed by atoms with E-state index in [1.165, 1.54) is 0 Å². The maximum Gasteiger partial charge on any atom is 0.412 e. The molecule has 1 amide bonds. The number of carboxylic acid groups (broad SMARTS) is 1. The highest BCUT2D eigenvalue weighted by molar-refractivity contribution is 5.99. The molecule has 0 aliphatic carbocycles. The number of benzene rings is 1. The highest BCUT2D eigenvalue weighted by Gasteiger charge is 2.21. The minimum Gasteiger partial charge on any atom is -0.478 e. The van der Waals surface area contributed by atoms with Gasteiger partial charge in [0.05, 0.1) is 11.3 Å². The first kappa shape index (κ1) is 18.1. The van der Waals surface area contributed by atoms with Gasteiger partial charge in [-0.2, -0.15) is 0 Å². The van der Waals surface area contributed by atoms with Crippen LogP contribution in [0.5, 0.6) is 0 Å². The molecular formula is C17H25N3O4. The summed E-state index contributed by atoms with van der Waals surface area (Å²) < 4.78 is 5.18. The van der Waals surface area contributed by atoms with Crippen LogP contribution in [0, 0.1) is 0 Å². The van der Waals surface area contributed by atoms with Crippen molar-refractivity contribution in [3.05, 3.63) is 23.8 Å². The lowest BCUT2D eigenvalue weighted by molar-refractivity contribution is 0.0636. The molecule has 1 saturated heterocycles. The number of rotatable bonds is 3. The number of hydrogen-bond donors (Lipinski definition) is 2. The Morgan fingerprint density at radius 3 is 2.33 bits per heavy atom.